The van der Waals surface area contributed by atoms with Gasteiger partial charge in [-0.25, -0.2) is 0 Å². The Morgan fingerprint density at radius 2 is 1.61 bits per heavy atom. The molecule has 0 aliphatic carbocycles. The van der Waals surface area contributed by atoms with Crippen LogP contribution in [-0.2, 0) is 12.8 Å². The van der Waals surface area contributed by atoms with Gasteiger partial charge in [-0.15, -0.1) is 0 Å². The Kier molecular flexibility index (Phi) is 7.00. The third kappa shape index (κ3) is 6.06. The monoisotopic (exact) mass is 496 g/mol. The maximum absolute atomic E-state index is 12.9. The number of carbonyl (C=O) groups excluding carboxylic acids is 2. The Labute approximate surface area is 203 Å². The number of benzene rings is 3. The molecular formula is C25H19F3N4O4. The lowest BCUT2D eigenvalue weighted by molar-refractivity contribution is -0.137. The zero-order chi connectivity index (χ0) is 25.7. The second-order valence-corrected chi connectivity index (χ2v) is 7.58. The van der Waals surface area contributed by atoms with E-state index in [-0.39, 0.29) is 29.2 Å². The molecule has 11 heteroatoms. The zero-order valence-corrected chi connectivity index (χ0v) is 18.8. The summed E-state index contributed by atoms with van der Waals surface area (Å²) in [5.41, 5.74) is -0.206. The highest BCUT2D eigenvalue weighted by atomic mass is 19.4. The van der Waals surface area contributed by atoms with Crippen molar-refractivity contribution in [3.8, 4) is 5.75 Å². The minimum atomic E-state index is -4.53. The van der Waals surface area contributed by atoms with E-state index in [4.69, 9.17) is 9.26 Å². The normalized spacial score (nSPS) is 11.1. The van der Waals surface area contributed by atoms with E-state index in [0.717, 1.165) is 12.1 Å². The molecule has 0 saturated heterocycles. The zero-order valence-electron chi connectivity index (χ0n) is 18.8. The van der Waals surface area contributed by atoms with Crippen molar-refractivity contribution in [1.29, 1.82) is 0 Å². The van der Waals surface area contributed by atoms with E-state index < -0.39 is 23.6 Å². The average Bonchev–Trinajstić information content (AvgIpc) is 3.27. The maximum atomic E-state index is 12.9. The Hall–Kier alpha value is -4.67. The summed E-state index contributed by atoms with van der Waals surface area (Å²) in [4.78, 5) is 29.6. The van der Waals surface area contributed by atoms with Gasteiger partial charge < -0.3 is 19.9 Å². The average molecular weight is 496 g/mol. The molecule has 4 rings (SSSR count). The standard InChI is InChI=1S/C25H19F3N4O4/c1-15-29-22(32-36-15)14-35-21-11-3-2-10-20(21)24(34)31-18-8-4-6-16(12-18)23(33)30-19-9-5-7-17(13-19)25(26,27)28/h2-13H,14H2,1H3,(H,30,33)(H,31,34). The summed E-state index contributed by atoms with van der Waals surface area (Å²) in [7, 11) is 0. The molecule has 0 radical (unpaired) electrons. The van der Waals surface area contributed by atoms with Crippen LogP contribution in [0.3, 0.4) is 0 Å². The van der Waals surface area contributed by atoms with Gasteiger partial charge in [0.05, 0.1) is 11.1 Å². The van der Waals surface area contributed by atoms with Gasteiger partial charge in [-0.1, -0.05) is 29.4 Å². The van der Waals surface area contributed by atoms with Gasteiger partial charge in [0.1, 0.15) is 5.75 Å². The number of aromatic nitrogens is 2. The molecular weight excluding hydrogens is 477 g/mol. The van der Waals surface area contributed by atoms with E-state index in [1.807, 2.05) is 0 Å². The molecule has 1 aromatic heterocycles. The van der Waals surface area contributed by atoms with Gasteiger partial charge in [-0.2, -0.15) is 18.2 Å². The summed E-state index contributed by atoms with van der Waals surface area (Å²) < 4.78 is 49.4. The van der Waals surface area contributed by atoms with E-state index in [1.165, 1.54) is 30.3 Å². The Bertz CT molecular complexity index is 1400. The van der Waals surface area contributed by atoms with Crippen molar-refractivity contribution in [2.45, 2.75) is 19.7 Å². The van der Waals surface area contributed by atoms with E-state index in [9.17, 15) is 22.8 Å². The number of halogens is 3. The topological polar surface area (TPSA) is 106 Å². The number of hydrogen-bond acceptors (Lipinski definition) is 6. The molecule has 2 N–H and O–H groups in total. The van der Waals surface area contributed by atoms with Gasteiger partial charge in [0, 0.05) is 23.9 Å². The summed E-state index contributed by atoms with van der Waals surface area (Å²) in [6.45, 7) is 1.64. The number of aryl methyl sites for hydroxylation is 1. The van der Waals surface area contributed by atoms with Gasteiger partial charge in [-0.05, 0) is 48.5 Å². The highest BCUT2D eigenvalue weighted by Crippen LogP contribution is 2.31. The van der Waals surface area contributed by atoms with Gasteiger partial charge in [-0.3, -0.25) is 9.59 Å². The molecule has 36 heavy (non-hydrogen) atoms. The fraction of sp³-hybridized carbons (Fsp3) is 0.120. The Morgan fingerprint density at radius 3 is 2.33 bits per heavy atom. The van der Waals surface area contributed by atoms with Crippen LogP contribution in [0.1, 0.15) is 38.0 Å². The molecule has 0 saturated carbocycles. The molecule has 1 heterocycles. The number of rotatable bonds is 7. The first-order chi connectivity index (χ1) is 17.2. The summed E-state index contributed by atoms with van der Waals surface area (Å²) in [6.07, 6.45) is -4.53. The summed E-state index contributed by atoms with van der Waals surface area (Å²) in [5, 5.41) is 8.87. The Morgan fingerprint density at radius 1 is 0.917 bits per heavy atom. The van der Waals surface area contributed by atoms with E-state index in [2.05, 4.69) is 20.8 Å². The van der Waals surface area contributed by atoms with Crippen LogP contribution in [-0.4, -0.2) is 22.0 Å². The molecule has 8 nitrogen and oxygen atoms in total. The van der Waals surface area contributed by atoms with Crippen LogP contribution in [0.2, 0.25) is 0 Å². The molecule has 2 amide bonds. The first kappa shape index (κ1) is 24.5. The van der Waals surface area contributed by atoms with Crippen LogP contribution in [0.5, 0.6) is 5.75 Å². The summed E-state index contributed by atoms with van der Waals surface area (Å²) in [5.74, 6) is -0.135. The van der Waals surface area contributed by atoms with E-state index >= 15 is 0 Å². The van der Waals surface area contributed by atoms with Gasteiger partial charge >= 0.3 is 6.18 Å². The molecule has 4 aromatic rings. The molecule has 0 fully saturated rings. The molecule has 0 aliphatic rings. The van der Waals surface area contributed by atoms with Crippen LogP contribution >= 0.6 is 0 Å². The minimum absolute atomic E-state index is 0.00711. The smallest absolute Gasteiger partial charge is 0.416 e. The number of anilines is 2. The van der Waals surface area contributed by atoms with Gasteiger partial charge in [0.2, 0.25) is 11.7 Å². The first-order valence-corrected chi connectivity index (χ1v) is 10.6. The Balaban J connectivity index is 1.45. The van der Waals surface area contributed by atoms with Crippen LogP contribution in [0.4, 0.5) is 24.5 Å². The van der Waals surface area contributed by atoms with Crippen LogP contribution in [0, 0.1) is 6.92 Å². The lowest BCUT2D eigenvalue weighted by atomic mass is 10.1. The highest BCUT2D eigenvalue weighted by molar-refractivity contribution is 6.08. The number of nitrogens with one attached hydrogen (secondary N) is 2. The molecule has 0 bridgehead atoms. The molecule has 3 aromatic carbocycles. The molecule has 0 spiro atoms. The molecule has 0 unspecified atom stereocenters. The van der Waals surface area contributed by atoms with E-state index in [1.54, 1.807) is 37.3 Å². The maximum Gasteiger partial charge on any atom is 0.416 e. The second kappa shape index (κ2) is 10.3. The van der Waals surface area contributed by atoms with Gasteiger partial charge in [0.15, 0.2) is 6.61 Å². The fourth-order valence-electron chi connectivity index (χ4n) is 3.24. The number of para-hydroxylation sites is 1. The number of nitrogens with zero attached hydrogens (tertiary/aromatic N) is 2. The predicted octanol–water partition coefficient (Wildman–Crippen LogP) is 5.48. The van der Waals surface area contributed by atoms with E-state index in [0.29, 0.717) is 17.4 Å². The molecule has 0 aliphatic heterocycles. The number of carbonyl (C=O) groups is 2. The van der Waals surface area contributed by atoms with Crippen molar-refractivity contribution in [2.75, 3.05) is 10.6 Å². The summed E-state index contributed by atoms with van der Waals surface area (Å²) in [6, 6.07) is 16.9. The predicted molar refractivity (Wildman–Crippen MR) is 124 cm³/mol. The van der Waals surface area contributed by atoms with Crippen LogP contribution < -0.4 is 15.4 Å². The minimum Gasteiger partial charge on any atom is -0.485 e. The number of ether oxygens (including phenoxy) is 1. The largest absolute Gasteiger partial charge is 0.485 e. The second-order valence-electron chi connectivity index (χ2n) is 7.58. The number of hydrogen-bond donors (Lipinski definition) is 2. The fourth-order valence-corrected chi connectivity index (χ4v) is 3.24. The first-order valence-electron chi connectivity index (χ1n) is 10.6. The quantitative estimate of drug-likeness (QED) is 0.351. The lowest BCUT2D eigenvalue weighted by Gasteiger charge is -2.12. The number of alkyl halides is 3. The molecule has 184 valence electrons. The number of amides is 2. The third-order valence-electron chi connectivity index (χ3n) is 4.89. The van der Waals surface area contributed by atoms with Crippen molar-refractivity contribution in [3.63, 3.8) is 0 Å². The van der Waals surface area contributed by atoms with Crippen molar-refractivity contribution < 1.29 is 32.0 Å². The van der Waals surface area contributed by atoms with Crippen molar-refractivity contribution >= 4 is 23.2 Å². The highest BCUT2D eigenvalue weighted by Gasteiger charge is 2.30. The van der Waals surface area contributed by atoms with Crippen LogP contribution in [0.15, 0.2) is 77.3 Å². The van der Waals surface area contributed by atoms with Crippen molar-refractivity contribution in [2.24, 2.45) is 0 Å². The molecule has 0 atom stereocenters. The van der Waals surface area contributed by atoms with Gasteiger partial charge in [0.25, 0.3) is 11.8 Å². The van der Waals surface area contributed by atoms with Crippen molar-refractivity contribution in [1.82, 2.24) is 10.1 Å². The summed E-state index contributed by atoms with van der Waals surface area (Å²) >= 11 is 0. The lowest BCUT2D eigenvalue weighted by Crippen LogP contribution is -2.16. The van der Waals surface area contributed by atoms with Crippen molar-refractivity contribution in [3.05, 3.63) is 101 Å². The van der Waals surface area contributed by atoms with Crippen LogP contribution in [0.25, 0.3) is 0 Å². The SMILES string of the molecule is Cc1nc(COc2ccccc2C(=O)Nc2cccc(C(=O)Nc3cccc(C(F)(F)F)c3)c2)no1. The third-order valence-corrected chi connectivity index (χ3v) is 4.89.